The molecule has 5 nitrogen and oxygen atoms in total. The zero-order chi connectivity index (χ0) is 14.8. The smallest absolute Gasteiger partial charge is 0.338 e. The second-order valence-electron chi connectivity index (χ2n) is 5.01. The average Bonchev–Trinajstić information content (AvgIpc) is 2.36. The van der Waals surface area contributed by atoms with Gasteiger partial charge in [0.2, 0.25) is 0 Å². The Hall–Kier alpha value is -1.40. The van der Waals surface area contributed by atoms with Gasteiger partial charge in [0.25, 0.3) is 10.1 Å². The lowest BCUT2D eigenvalue weighted by Gasteiger charge is -2.37. The molecule has 0 unspecified atom stereocenters. The van der Waals surface area contributed by atoms with Crippen LogP contribution in [-0.2, 0) is 19.0 Å². The number of hydrogen-bond donors (Lipinski definition) is 0. The molecule has 2 rings (SSSR count). The molecule has 0 radical (unpaired) electrons. The highest BCUT2D eigenvalue weighted by molar-refractivity contribution is 7.85. The summed E-state index contributed by atoms with van der Waals surface area (Å²) in [5, 5.41) is 0. The lowest BCUT2D eigenvalue weighted by Crippen LogP contribution is -2.30. The van der Waals surface area contributed by atoms with E-state index < -0.39 is 10.1 Å². The second-order valence-corrected chi connectivity index (χ2v) is 6.66. The maximum atomic E-state index is 11.8. The van der Waals surface area contributed by atoms with Crippen LogP contribution in [-0.4, -0.2) is 34.4 Å². The van der Waals surface area contributed by atoms with E-state index in [4.69, 9.17) is 8.92 Å². The van der Waals surface area contributed by atoms with Gasteiger partial charge in [0.05, 0.1) is 25.5 Å². The largest absolute Gasteiger partial charge is 0.465 e. The first kappa shape index (κ1) is 15.0. The maximum absolute atomic E-state index is 11.8. The minimum absolute atomic E-state index is 0.121. The van der Waals surface area contributed by atoms with Crippen molar-refractivity contribution in [2.75, 3.05) is 20.0 Å². The molecule has 1 aliphatic rings. The van der Waals surface area contributed by atoms with Crippen LogP contribution in [0.2, 0.25) is 0 Å². The van der Waals surface area contributed by atoms with Gasteiger partial charge in [-0.15, -0.1) is 0 Å². The summed E-state index contributed by atoms with van der Waals surface area (Å²) < 4.78 is 31.7. The quantitative estimate of drug-likeness (QED) is 0.614. The van der Waals surface area contributed by atoms with Crippen LogP contribution in [0.5, 0.6) is 0 Å². The average molecular weight is 298 g/mol. The van der Waals surface area contributed by atoms with Gasteiger partial charge in [-0.05, 0) is 36.3 Å². The Labute approximate surface area is 119 Å². The highest BCUT2D eigenvalue weighted by atomic mass is 32.2. The van der Waals surface area contributed by atoms with Gasteiger partial charge < -0.3 is 4.74 Å². The third-order valence-electron chi connectivity index (χ3n) is 3.68. The molecule has 110 valence electrons. The van der Waals surface area contributed by atoms with Crippen LogP contribution < -0.4 is 0 Å². The van der Waals surface area contributed by atoms with Crippen molar-refractivity contribution < 1.29 is 22.1 Å². The Morgan fingerprint density at radius 1 is 1.30 bits per heavy atom. The van der Waals surface area contributed by atoms with Crippen LogP contribution in [0.1, 0.15) is 34.7 Å². The van der Waals surface area contributed by atoms with Crippen LogP contribution in [0.15, 0.2) is 24.3 Å². The molecule has 0 bridgehead atoms. The van der Waals surface area contributed by atoms with Crippen LogP contribution in [0.4, 0.5) is 0 Å². The van der Waals surface area contributed by atoms with Crippen molar-refractivity contribution in [1.29, 1.82) is 0 Å². The first-order valence-corrected chi connectivity index (χ1v) is 8.25. The van der Waals surface area contributed by atoms with E-state index in [-0.39, 0.29) is 24.4 Å². The van der Waals surface area contributed by atoms with E-state index in [1.54, 1.807) is 12.1 Å². The van der Waals surface area contributed by atoms with E-state index in [9.17, 15) is 13.2 Å². The van der Waals surface area contributed by atoms with Gasteiger partial charge in [-0.25, -0.2) is 4.79 Å². The fourth-order valence-electron chi connectivity index (χ4n) is 2.51. The fraction of sp³-hybridized carbons (Fsp3) is 0.500. The van der Waals surface area contributed by atoms with Gasteiger partial charge in [-0.2, -0.15) is 8.42 Å². The van der Waals surface area contributed by atoms with Crippen molar-refractivity contribution in [2.24, 2.45) is 5.92 Å². The van der Waals surface area contributed by atoms with Crippen LogP contribution in [0, 0.1) is 5.92 Å². The molecule has 6 heteroatoms. The first-order valence-electron chi connectivity index (χ1n) is 6.44. The molecule has 0 amide bonds. The Balaban J connectivity index is 2.14. The van der Waals surface area contributed by atoms with Gasteiger partial charge in [0.15, 0.2) is 0 Å². The van der Waals surface area contributed by atoms with E-state index >= 15 is 0 Å². The minimum Gasteiger partial charge on any atom is -0.465 e. The number of benzene rings is 1. The topological polar surface area (TPSA) is 69.7 Å². The number of carbonyl (C=O) groups is 1. The molecule has 1 aliphatic carbocycles. The number of ether oxygens (including phenoxy) is 1. The van der Waals surface area contributed by atoms with E-state index in [0.29, 0.717) is 5.56 Å². The minimum atomic E-state index is -3.42. The Morgan fingerprint density at radius 2 is 2.00 bits per heavy atom. The van der Waals surface area contributed by atoms with Gasteiger partial charge >= 0.3 is 5.97 Å². The van der Waals surface area contributed by atoms with Crippen molar-refractivity contribution in [3.8, 4) is 0 Å². The maximum Gasteiger partial charge on any atom is 0.338 e. The van der Waals surface area contributed by atoms with Crippen LogP contribution in [0.25, 0.3) is 0 Å². The molecule has 20 heavy (non-hydrogen) atoms. The summed E-state index contributed by atoms with van der Waals surface area (Å²) >= 11 is 0. The van der Waals surface area contributed by atoms with Gasteiger partial charge in [0.1, 0.15) is 0 Å². The summed E-state index contributed by atoms with van der Waals surface area (Å²) in [6.07, 6.45) is 2.87. The van der Waals surface area contributed by atoms with Gasteiger partial charge in [0, 0.05) is 0 Å². The first-order chi connectivity index (χ1) is 9.42. The van der Waals surface area contributed by atoms with Gasteiger partial charge in [-0.3, -0.25) is 4.18 Å². The van der Waals surface area contributed by atoms with E-state index in [1.807, 2.05) is 12.1 Å². The fourth-order valence-corrected chi connectivity index (χ4v) is 2.93. The molecule has 1 aromatic rings. The molecule has 0 aliphatic heterocycles. The summed E-state index contributed by atoms with van der Waals surface area (Å²) in [5.74, 6) is -0.0992. The molecule has 0 heterocycles. The highest BCUT2D eigenvalue weighted by Crippen LogP contribution is 2.44. The summed E-state index contributed by atoms with van der Waals surface area (Å²) in [6.45, 7) is 0.166. The normalized spacial score (nSPS) is 22.1. The molecule has 1 saturated carbocycles. The molecule has 0 N–H and O–H groups in total. The van der Waals surface area contributed by atoms with Crippen molar-refractivity contribution in [2.45, 2.75) is 18.8 Å². The third kappa shape index (κ3) is 3.37. The van der Waals surface area contributed by atoms with E-state index in [0.717, 1.165) is 24.7 Å². The second kappa shape index (κ2) is 5.93. The number of methoxy groups -OCH3 is 1. The third-order valence-corrected chi connectivity index (χ3v) is 4.24. The Morgan fingerprint density at radius 3 is 2.55 bits per heavy atom. The summed E-state index contributed by atoms with van der Waals surface area (Å²) in [7, 11) is -2.07. The SMILES string of the molecule is COC(=O)c1ccccc1[C@H]1CC[C@@H]1COS(C)(=O)=O. The summed E-state index contributed by atoms with van der Waals surface area (Å²) in [4.78, 5) is 11.8. The number of carbonyl (C=O) groups excluding carboxylic acids is 1. The molecular formula is C14H18O5S. The van der Waals surface area contributed by atoms with Crippen molar-refractivity contribution in [1.82, 2.24) is 0 Å². The summed E-state index contributed by atoms with van der Waals surface area (Å²) in [6, 6.07) is 7.28. The number of hydrogen-bond acceptors (Lipinski definition) is 5. The zero-order valence-electron chi connectivity index (χ0n) is 11.5. The highest BCUT2D eigenvalue weighted by Gasteiger charge is 2.35. The molecule has 0 spiro atoms. The van der Waals surface area contributed by atoms with E-state index in [2.05, 4.69) is 0 Å². The molecule has 0 saturated heterocycles. The van der Waals surface area contributed by atoms with Crippen molar-refractivity contribution >= 4 is 16.1 Å². The molecular weight excluding hydrogens is 280 g/mol. The Bertz CT molecular complexity index is 593. The molecule has 2 atom stereocenters. The summed E-state index contributed by atoms with van der Waals surface area (Å²) in [5.41, 5.74) is 1.46. The molecule has 0 aromatic heterocycles. The van der Waals surface area contributed by atoms with Crippen molar-refractivity contribution in [3.05, 3.63) is 35.4 Å². The Kier molecular flexibility index (Phi) is 4.45. The van der Waals surface area contributed by atoms with Crippen LogP contribution >= 0.6 is 0 Å². The predicted octanol–water partition coefficient (Wildman–Crippen LogP) is 1.94. The standard InChI is InChI=1S/C14H18O5S/c1-18-14(15)13-6-4-3-5-12(13)11-8-7-10(11)9-19-20(2,16)17/h3-6,10-11H,7-9H2,1-2H3/t10-,11+/m1/s1. The van der Waals surface area contributed by atoms with Crippen LogP contribution in [0.3, 0.4) is 0 Å². The van der Waals surface area contributed by atoms with Crippen molar-refractivity contribution in [3.63, 3.8) is 0 Å². The molecule has 1 aromatic carbocycles. The predicted molar refractivity (Wildman–Crippen MR) is 74.0 cm³/mol. The zero-order valence-corrected chi connectivity index (χ0v) is 12.4. The monoisotopic (exact) mass is 298 g/mol. The number of rotatable bonds is 5. The van der Waals surface area contributed by atoms with Gasteiger partial charge in [-0.1, -0.05) is 18.2 Å². The number of esters is 1. The lowest BCUT2D eigenvalue weighted by molar-refractivity contribution is 0.0595. The van der Waals surface area contributed by atoms with E-state index in [1.165, 1.54) is 7.11 Å². The lowest BCUT2D eigenvalue weighted by atomic mass is 9.69. The molecule has 1 fully saturated rings.